The van der Waals surface area contributed by atoms with Crippen LogP contribution in [0.5, 0.6) is 0 Å². The van der Waals surface area contributed by atoms with Crippen LogP contribution in [0.25, 0.3) is 0 Å². The number of benzene rings is 1. The number of aryl methyl sites for hydroxylation is 1. The highest BCUT2D eigenvalue weighted by molar-refractivity contribution is 7.84. The molecule has 0 saturated carbocycles. The Kier molecular flexibility index (Phi) is 3.71. The van der Waals surface area contributed by atoms with Gasteiger partial charge in [0, 0.05) is 35.4 Å². The van der Waals surface area contributed by atoms with Gasteiger partial charge in [-0.3, -0.25) is 4.21 Å². The van der Waals surface area contributed by atoms with Crippen LogP contribution in [0.4, 0.5) is 4.39 Å². The number of rotatable bonds is 4. The molecular weight excluding hydrogens is 225 g/mol. The normalized spacial score (nSPS) is 18.1. The quantitative estimate of drug-likeness (QED) is 0.867. The molecule has 4 heteroatoms. The molecule has 2 rings (SSSR count). The smallest absolute Gasteiger partial charge is 0.123 e. The van der Waals surface area contributed by atoms with Crippen LogP contribution in [-0.2, 0) is 16.6 Å². The summed E-state index contributed by atoms with van der Waals surface area (Å²) in [5.41, 5.74) is 1.88. The summed E-state index contributed by atoms with van der Waals surface area (Å²) in [5, 5.41) is 3.17. The zero-order valence-corrected chi connectivity index (χ0v) is 10.1. The number of hydrogen-bond acceptors (Lipinski definition) is 2. The first-order chi connectivity index (χ1) is 7.65. The lowest BCUT2D eigenvalue weighted by Gasteiger charge is -2.26. The van der Waals surface area contributed by atoms with E-state index >= 15 is 0 Å². The van der Waals surface area contributed by atoms with Crippen LogP contribution < -0.4 is 5.32 Å². The van der Waals surface area contributed by atoms with Crippen molar-refractivity contribution in [2.75, 3.05) is 18.8 Å². The minimum absolute atomic E-state index is 0.227. The average Bonchev–Trinajstić information content (AvgIpc) is 2.16. The first-order valence-corrected chi connectivity index (χ1v) is 6.94. The fraction of sp³-hybridized carbons (Fsp3) is 0.500. The van der Waals surface area contributed by atoms with E-state index in [0.29, 0.717) is 11.7 Å². The number of halogens is 1. The van der Waals surface area contributed by atoms with E-state index in [9.17, 15) is 8.60 Å². The second-order valence-electron chi connectivity index (χ2n) is 4.35. The van der Waals surface area contributed by atoms with Gasteiger partial charge in [-0.05, 0) is 36.1 Å². The van der Waals surface area contributed by atoms with Crippen LogP contribution in [0, 0.1) is 18.7 Å². The third-order valence-corrected chi connectivity index (χ3v) is 4.38. The molecular formula is C12H16FNOS. The SMILES string of the molecule is Cc1cc(F)ccc1CS(=O)CC1CNC1. The van der Waals surface area contributed by atoms with Gasteiger partial charge in [-0.2, -0.15) is 0 Å². The molecule has 0 radical (unpaired) electrons. The third-order valence-electron chi connectivity index (χ3n) is 2.91. The lowest BCUT2D eigenvalue weighted by atomic mass is 10.1. The Morgan fingerprint density at radius 1 is 1.50 bits per heavy atom. The summed E-state index contributed by atoms with van der Waals surface area (Å²) >= 11 is 0. The molecule has 1 N–H and O–H groups in total. The summed E-state index contributed by atoms with van der Waals surface area (Å²) < 4.78 is 24.7. The molecule has 1 aromatic rings. The molecule has 1 saturated heterocycles. The van der Waals surface area contributed by atoms with E-state index in [1.165, 1.54) is 12.1 Å². The maximum absolute atomic E-state index is 12.9. The monoisotopic (exact) mass is 241 g/mol. The number of hydrogen-bond donors (Lipinski definition) is 1. The minimum atomic E-state index is -0.829. The van der Waals surface area contributed by atoms with Crippen LogP contribution in [0.2, 0.25) is 0 Å². The van der Waals surface area contributed by atoms with Gasteiger partial charge in [0.1, 0.15) is 5.82 Å². The highest BCUT2D eigenvalue weighted by Crippen LogP contribution is 2.14. The molecule has 1 fully saturated rings. The Morgan fingerprint density at radius 2 is 2.25 bits per heavy atom. The Balaban J connectivity index is 1.94. The lowest BCUT2D eigenvalue weighted by molar-refractivity contribution is 0.382. The molecule has 1 heterocycles. The van der Waals surface area contributed by atoms with Crippen LogP contribution in [0.3, 0.4) is 0 Å². The zero-order chi connectivity index (χ0) is 11.5. The van der Waals surface area contributed by atoms with Crippen LogP contribution in [0.15, 0.2) is 18.2 Å². The molecule has 1 atom stereocenters. The average molecular weight is 241 g/mol. The van der Waals surface area contributed by atoms with Gasteiger partial charge in [0.15, 0.2) is 0 Å². The van der Waals surface area contributed by atoms with E-state index < -0.39 is 10.8 Å². The fourth-order valence-electron chi connectivity index (χ4n) is 1.78. The largest absolute Gasteiger partial charge is 0.316 e. The number of nitrogens with one attached hydrogen (secondary N) is 1. The van der Waals surface area contributed by atoms with E-state index in [-0.39, 0.29) is 5.82 Å². The molecule has 1 unspecified atom stereocenters. The van der Waals surface area contributed by atoms with Crippen molar-refractivity contribution in [3.05, 3.63) is 35.1 Å². The molecule has 1 aliphatic heterocycles. The van der Waals surface area contributed by atoms with Gasteiger partial charge in [-0.15, -0.1) is 0 Å². The lowest BCUT2D eigenvalue weighted by Crippen LogP contribution is -2.44. The molecule has 2 nitrogen and oxygen atoms in total. The van der Waals surface area contributed by atoms with E-state index in [4.69, 9.17) is 0 Å². The summed E-state index contributed by atoms with van der Waals surface area (Å²) in [6.45, 7) is 3.82. The standard InChI is InChI=1S/C12H16FNOS/c1-9-4-12(13)3-2-11(9)8-16(15)7-10-5-14-6-10/h2-4,10,14H,5-8H2,1H3. The van der Waals surface area contributed by atoms with E-state index in [2.05, 4.69) is 5.32 Å². The van der Waals surface area contributed by atoms with Gasteiger partial charge in [-0.1, -0.05) is 6.07 Å². The summed E-state index contributed by atoms with van der Waals surface area (Å²) in [6, 6.07) is 4.67. The van der Waals surface area contributed by atoms with Gasteiger partial charge in [0.05, 0.1) is 0 Å². The second kappa shape index (κ2) is 5.06. The Morgan fingerprint density at radius 3 is 2.81 bits per heavy atom. The van der Waals surface area contributed by atoms with Crippen molar-refractivity contribution in [2.45, 2.75) is 12.7 Å². The molecule has 0 aliphatic carbocycles. The minimum Gasteiger partial charge on any atom is -0.316 e. The summed E-state index contributed by atoms with van der Waals surface area (Å²) in [6.07, 6.45) is 0. The van der Waals surface area contributed by atoms with Crippen molar-refractivity contribution in [1.29, 1.82) is 0 Å². The van der Waals surface area contributed by atoms with Crippen molar-refractivity contribution in [3.63, 3.8) is 0 Å². The zero-order valence-electron chi connectivity index (χ0n) is 9.33. The van der Waals surface area contributed by atoms with E-state index in [0.717, 1.165) is 30.0 Å². The molecule has 0 bridgehead atoms. The van der Waals surface area contributed by atoms with Crippen LogP contribution in [-0.4, -0.2) is 23.1 Å². The van der Waals surface area contributed by atoms with Gasteiger partial charge in [0.2, 0.25) is 0 Å². The van der Waals surface area contributed by atoms with Gasteiger partial charge >= 0.3 is 0 Å². The first-order valence-electron chi connectivity index (χ1n) is 5.46. The van der Waals surface area contributed by atoms with E-state index in [1.54, 1.807) is 6.07 Å². The topological polar surface area (TPSA) is 29.1 Å². The molecule has 16 heavy (non-hydrogen) atoms. The Hall–Kier alpha value is -0.740. The molecule has 1 aliphatic rings. The van der Waals surface area contributed by atoms with Crippen molar-refractivity contribution in [3.8, 4) is 0 Å². The summed E-state index contributed by atoms with van der Waals surface area (Å²) in [4.78, 5) is 0. The fourth-order valence-corrected chi connectivity index (χ4v) is 3.33. The summed E-state index contributed by atoms with van der Waals surface area (Å²) in [7, 11) is -0.829. The second-order valence-corrected chi connectivity index (χ2v) is 5.85. The van der Waals surface area contributed by atoms with Gasteiger partial charge < -0.3 is 5.32 Å². The maximum atomic E-state index is 12.9. The van der Waals surface area contributed by atoms with Crippen molar-refractivity contribution in [2.24, 2.45) is 5.92 Å². The summed E-state index contributed by atoms with van der Waals surface area (Å²) in [5.74, 6) is 1.63. The Labute approximate surface area is 97.7 Å². The van der Waals surface area contributed by atoms with Gasteiger partial charge in [-0.25, -0.2) is 4.39 Å². The van der Waals surface area contributed by atoms with Crippen molar-refractivity contribution < 1.29 is 8.60 Å². The van der Waals surface area contributed by atoms with Crippen LogP contribution >= 0.6 is 0 Å². The maximum Gasteiger partial charge on any atom is 0.123 e. The highest BCUT2D eigenvalue weighted by atomic mass is 32.2. The van der Waals surface area contributed by atoms with E-state index in [1.807, 2.05) is 6.92 Å². The van der Waals surface area contributed by atoms with Crippen LogP contribution in [0.1, 0.15) is 11.1 Å². The molecule has 0 amide bonds. The first kappa shape index (κ1) is 11.7. The molecule has 88 valence electrons. The van der Waals surface area contributed by atoms with Crippen molar-refractivity contribution in [1.82, 2.24) is 5.32 Å². The predicted octanol–water partition coefficient (Wildman–Crippen LogP) is 1.60. The third kappa shape index (κ3) is 2.89. The van der Waals surface area contributed by atoms with Gasteiger partial charge in [0.25, 0.3) is 0 Å². The molecule has 1 aromatic carbocycles. The predicted molar refractivity (Wildman–Crippen MR) is 64.2 cm³/mol. The van der Waals surface area contributed by atoms with Crippen molar-refractivity contribution >= 4 is 10.8 Å². The molecule has 0 spiro atoms. The Bertz CT molecular complexity index is 404. The highest BCUT2D eigenvalue weighted by Gasteiger charge is 2.19. The molecule has 0 aromatic heterocycles.